The van der Waals surface area contributed by atoms with Crippen LogP contribution in [0.3, 0.4) is 0 Å². The van der Waals surface area contributed by atoms with Crippen LogP contribution in [-0.2, 0) is 23.9 Å². The molecule has 0 radical (unpaired) electrons. The number of aliphatic hydroxyl groups excluding tert-OH is 1. The molecule has 4 heterocycles. The Morgan fingerprint density at radius 3 is 2.61 bits per heavy atom. The molecule has 8 nitrogen and oxygen atoms in total. The Hall–Kier alpha value is -2.97. The number of allylic oxidation sites excluding steroid dienone is 1. The van der Waals surface area contributed by atoms with Crippen LogP contribution in [0.1, 0.15) is 36.8 Å². The first-order valence-corrected chi connectivity index (χ1v) is 12.9. The summed E-state index contributed by atoms with van der Waals surface area (Å²) in [6.07, 6.45) is 9.44. The van der Waals surface area contributed by atoms with Gasteiger partial charge < -0.3 is 24.4 Å². The van der Waals surface area contributed by atoms with Crippen LogP contribution in [0.5, 0.6) is 0 Å². The van der Waals surface area contributed by atoms with E-state index in [2.05, 4.69) is 0 Å². The second kappa shape index (κ2) is 9.82. The van der Waals surface area contributed by atoms with Crippen molar-refractivity contribution in [2.75, 3.05) is 31.2 Å². The van der Waals surface area contributed by atoms with Crippen LogP contribution in [0.4, 0.5) is 5.69 Å². The van der Waals surface area contributed by atoms with Gasteiger partial charge in [-0.1, -0.05) is 42.5 Å². The average Bonchev–Trinajstić information content (AvgIpc) is 3.25. The Bertz CT molecular complexity index is 1090. The van der Waals surface area contributed by atoms with Crippen molar-refractivity contribution in [3.63, 3.8) is 0 Å². The molecule has 4 aliphatic rings. The number of ether oxygens (including phenoxy) is 2. The van der Waals surface area contributed by atoms with Gasteiger partial charge in [0.15, 0.2) is 0 Å². The van der Waals surface area contributed by atoms with Crippen LogP contribution in [0.25, 0.3) is 0 Å². The van der Waals surface area contributed by atoms with Gasteiger partial charge in [-0.05, 0) is 50.7 Å². The van der Waals surface area contributed by atoms with Crippen LogP contribution in [-0.4, -0.2) is 71.8 Å². The van der Waals surface area contributed by atoms with E-state index in [1.165, 1.54) is 0 Å². The number of aliphatic hydroxyl groups is 1. The summed E-state index contributed by atoms with van der Waals surface area (Å²) in [5, 5.41) is 9.34. The zero-order valence-electron chi connectivity index (χ0n) is 20.9. The van der Waals surface area contributed by atoms with Gasteiger partial charge in [0.05, 0.1) is 18.6 Å². The molecular weight excluding hydrogens is 460 g/mol. The Morgan fingerprint density at radius 1 is 1.08 bits per heavy atom. The van der Waals surface area contributed by atoms with Gasteiger partial charge in [-0.2, -0.15) is 0 Å². The molecule has 2 saturated heterocycles. The third kappa shape index (κ3) is 3.87. The number of likely N-dealkylation sites (tertiary alicyclic amines) is 1. The lowest BCUT2D eigenvalue weighted by atomic mass is 9.78. The number of nitrogens with zero attached hydrogens (tertiary/aromatic N) is 2. The third-order valence-electron chi connectivity index (χ3n) is 7.87. The van der Waals surface area contributed by atoms with Crippen molar-refractivity contribution >= 4 is 23.5 Å². The average molecular weight is 495 g/mol. The fourth-order valence-electron chi connectivity index (χ4n) is 6.32. The Morgan fingerprint density at radius 2 is 1.86 bits per heavy atom. The molecule has 0 saturated carbocycles. The van der Waals surface area contributed by atoms with Crippen molar-refractivity contribution in [1.29, 1.82) is 0 Å². The quantitative estimate of drug-likeness (QED) is 0.384. The third-order valence-corrected chi connectivity index (χ3v) is 7.87. The van der Waals surface area contributed by atoms with E-state index in [1.807, 2.05) is 56.4 Å². The molecule has 5 atom stereocenters. The molecule has 8 heteroatoms. The largest absolute Gasteiger partial charge is 0.465 e. The summed E-state index contributed by atoms with van der Waals surface area (Å²) in [7, 11) is 0. The highest BCUT2D eigenvalue weighted by Crippen LogP contribution is 2.53. The number of fused-ring (bicyclic) bond motifs is 2. The standard InChI is InChI=1S/C28H34N2O6/c1-18-10-8-11-19(2)23(18)29-15-9-13-28-22(21-20(36-28)12-4-3-7-17-35-27(21)34)25(32)30(14-5-6-16-31)24(28)26(29)33/h4,8-13,20-22,24,31H,3,5-7,14-17H2,1-2H3/b12-4-/t20-,21+,22-,24?,28-/m0/s1. The first-order valence-electron chi connectivity index (χ1n) is 12.9. The summed E-state index contributed by atoms with van der Waals surface area (Å²) < 4.78 is 12.2. The second-order valence-corrected chi connectivity index (χ2v) is 10.1. The highest BCUT2D eigenvalue weighted by molar-refractivity contribution is 6.06. The number of esters is 1. The SMILES string of the molecule is Cc1cccc(C)c1N1CC=C[C@]23O[C@H]4/C=C\CCCOC(=O)[C@H]4[C@H]2C(=O)N(CCCCO)C3C1=O. The molecular formula is C28H34N2O6. The molecule has 1 aromatic rings. The summed E-state index contributed by atoms with van der Waals surface area (Å²) in [5.74, 6) is -2.61. The summed E-state index contributed by atoms with van der Waals surface area (Å²) in [4.78, 5) is 44.9. The predicted octanol–water partition coefficient (Wildman–Crippen LogP) is 2.45. The first-order chi connectivity index (χ1) is 17.4. The number of carbonyl (C=O) groups excluding carboxylic acids is 3. The van der Waals surface area contributed by atoms with Crippen molar-refractivity contribution in [2.24, 2.45) is 11.8 Å². The van der Waals surface area contributed by atoms with Gasteiger partial charge in [-0.3, -0.25) is 14.4 Å². The number of carbonyl (C=O) groups is 3. The lowest BCUT2D eigenvalue weighted by Crippen LogP contribution is -2.55. The molecule has 0 aromatic heterocycles. The van der Waals surface area contributed by atoms with Crippen LogP contribution in [0.2, 0.25) is 0 Å². The Balaban J connectivity index is 1.61. The van der Waals surface area contributed by atoms with Crippen LogP contribution >= 0.6 is 0 Å². The van der Waals surface area contributed by atoms with Crippen molar-refractivity contribution in [1.82, 2.24) is 4.90 Å². The lowest BCUT2D eigenvalue weighted by Gasteiger charge is -2.36. The van der Waals surface area contributed by atoms with E-state index in [0.29, 0.717) is 39.0 Å². The van der Waals surface area contributed by atoms with E-state index in [1.54, 1.807) is 9.80 Å². The van der Waals surface area contributed by atoms with Crippen molar-refractivity contribution in [3.05, 3.63) is 53.6 Å². The number of cyclic esters (lactones) is 1. The molecule has 2 fully saturated rings. The molecule has 36 heavy (non-hydrogen) atoms. The number of benzene rings is 1. The molecule has 1 N–H and O–H groups in total. The molecule has 2 amide bonds. The number of amides is 2. The number of para-hydroxylation sites is 1. The maximum absolute atomic E-state index is 14.4. The fraction of sp³-hybridized carbons (Fsp3) is 0.536. The predicted molar refractivity (Wildman–Crippen MR) is 133 cm³/mol. The Labute approximate surface area is 211 Å². The van der Waals surface area contributed by atoms with Crippen LogP contribution in [0.15, 0.2) is 42.5 Å². The number of anilines is 1. The Kier molecular flexibility index (Phi) is 6.74. The summed E-state index contributed by atoms with van der Waals surface area (Å²) in [6.45, 7) is 4.88. The molecule has 192 valence electrons. The zero-order chi connectivity index (χ0) is 25.4. The number of hydrogen-bond acceptors (Lipinski definition) is 6. The van der Waals surface area contributed by atoms with Gasteiger partial charge in [0.2, 0.25) is 5.91 Å². The van der Waals surface area contributed by atoms with E-state index in [9.17, 15) is 19.5 Å². The minimum absolute atomic E-state index is 0.00195. The number of aryl methyl sites for hydroxylation is 2. The summed E-state index contributed by atoms with van der Waals surface area (Å²) in [5.41, 5.74) is 1.50. The number of unbranched alkanes of at least 4 members (excludes halogenated alkanes) is 1. The highest BCUT2D eigenvalue weighted by Gasteiger charge is 2.71. The second-order valence-electron chi connectivity index (χ2n) is 10.1. The maximum Gasteiger partial charge on any atom is 0.312 e. The molecule has 1 spiro atoms. The van der Waals surface area contributed by atoms with Crippen molar-refractivity contribution in [3.8, 4) is 0 Å². The van der Waals surface area contributed by atoms with Crippen molar-refractivity contribution in [2.45, 2.75) is 57.3 Å². The fourth-order valence-corrected chi connectivity index (χ4v) is 6.32. The zero-order valence-corrected chi connectivity index (χ0v) is 20.9. The smallest absolute Gasteiger partial charge is 0.312 e. The molecule has 5 rings (SSSR count). The molecule has 0 aliphatic carbocycles. The van der Waals surface area contributed by atoms with Crippen LogP contribution < -0.4 is 4.90 Å². The minimum Gasteiger partial charge on any atom is -0.465 e. The summed E-state index contributed by atoms with van der Waals surface area (Å²) >= 11 is 0. The van der Waals surface area contributed by atoms with Gasteiger partial charge in [0.1, 0.15) is 17.6 Å². The topological polar surface area (TPSA) is 96.4 Å². The van der Waals surface area contributed by atoms with Crippen LogP contribution in [0, 0.1) is 25.7 Å². The molecule has 4 aliphatic heterocycles. The van der Waals surface area contributed by atoms with E-state index in [0.717, 1.165) is 23.2 Å². The molecule has 0 bridgehead atoms. The molecule has 1 aromatic carbocycles. The number of hydrogen-bond donors (Lipinski definition) is 1. The molecule has 1 unspecified atom stereocenters. The first kappa shape index (κ1) is 24.7. The normalized spacial score (nSPS) is 32.7. The van der Waals surface area contributed by atoms with Gasteiger partial charge in [-0.25, -0.2) is 0 Å². The van der Waals surface area contributed by atoms with Gasteiger partial charge in [0.25, 0.3) is 5.91 Å². The summed E-state index contributed by atoms with van der Waals surface area (Å²) in [6, 6.07) is 4.99. The van der Waals surface area contributed by atoms with Gasteiger partial charge in [0, 0.05) is 25.4 Å². The lowest BCUT2D eigenvalue weighted by molar-refractivity contribution is -0.154. The van der Waals surface area contributed by atoms with Crippen molar-refractivity contribution < 1.29 is 29.0 Å². The van der Waals surface area contributed by atoms with E-state index in [-0.39, 0.29) is 18.4 Å². The number of rotatable bonds is 5. The minimum atomic E-state index is -1.27. The van der Waals surface area contributed by atoms with Gasteiger partial charge in [-0.15, -0.1) is 0 Å². The van der Waals surface area contributed by atoms with E-state index in [4.69, 9.17) is 9.47 Å². The van der Waals surface area contributed by atoms with Gasteiger partial charge >= 0.3 is 5.97 Å². The maximum atomic E-state index is 14.4. The van der Waals surface area contributed by atoms with E-state index < -0.39 is 35.6 Å². The van der Waals surface area contributed by atoms with E-state index >= 15 is 0 Å². The highest BCUT2D eigenvalue weighted by atomic mass is 16.6. The monoisotopic (exact) mass is 494 g/mol.